The van der Waals surface area contributed by atoms with Gasteiger partial charge in [0.05, 0.1) is 11.9 Å². The van der Waals surface area contributed by atoms with Crippen molar-refractivity contribution in [1.82, 2.24) is 9.97 Å². The fourth-order valence-corrected chi connectivity index (χ4v) is 1.70. The van der Waals surface area contributed by atoms with Gasteiger partial charge in [-0.3, -0.25) is 0 Å². The molecule has 1 atom stereocenters. The molecule has 0 spiro atoms. The van der Waals surface area contributed by atoms with Crippen molar-refractivity contribution in [3.63, 3.8) is 0 Å². The van der Waals surface area contributed by atoms with Crippen LogP contribution in [0.15, 0.2) is 6.20 Å². The van der Waals surface area contributed by atoms with Crippen molar-refractivity contribution in [3.8, 4) is 0 Å². The highest BCUT2D eigenvalue weighted by molar-refractivity contribution is 5.91. The highest BCUT2D eigenvalue weighted by Gasteiger charge is 2.17. The minimum absolute atomic E-state index is 0.0107. The Morgan fingerprint density at radius 2 is 2.16 bits per heavy atom. The fourth-order valence-electron chi connectivity index (χ4n) is 1.70. The van der Waals surface area contributed by atoms with Crippen LogP contribution in [0.1, 0.15) is 55.8 Å². The summed E-state index contributed by atoms with van der Waals surface area (Å²) >= 11 is 0. The largest absolute Gasteiger partial charge is 0.476 e. The molecule has 1 unspecified atom stereocenters. The highest BCUT2D eigenvalue weighted by atomic mass is 16.4. The number of aliphatic hydroxyl groups is 1. The Balaban J connectivity index is 3.02. The minimum atomic E-state index is -1.08. The summed E-state index contributed by atoms with van der Waals surface area (Å²) in [7, 11) is 0. The number of carboxylic acids is 1. The molecule has 0 saturated heterocycles. The number of hydrogen-bond acceptors (Lipinski definition) is 5. The van der Waals surface area contributed by atoms with Gasteiger partial charge in [-0.05, 0) is 12.8 Å². The number of carboxylic acid groups (broad SMARTS) is 1. The smallest absolute Gasteiger partial charge is 0.356 e. The van der Waals surface area contributed by atoms with Gasteiger partial charge >= 0.3 is 5.97 Å². The standard InChI is InChI=1S/C13H21N3O3/c1-4-9(5-6-17)15-10-7-14-12(8(2)3)16-11(10)13(18)19/h7-9,15,17H,4-6H2,1-3H3,(H,18,19). The van der Waals surface area contributed by atoms with Gasteiger partial charge in [0.15, 0.2) is 5.69 Å². The third-order valence-electron chi connectivity index (χ3n) is 2.86. The first kappa shape index (κ1) is 15.4. The van der Waals surface area contributed by atoms with E-state index < -0.39 is 5.97 Å². The number of aromatic nitrogens is 2. The molecule has 1 aromatic heterocycles. The Morgan fingerprint density at radius 3 is 2.63 bits per heavy atom. The molecule has 0 aromatic carbocycles. The van der Waals surface area contributed by atoms with Crippen molar-refractivity contribution in [2.24, 2.45) is 0 Å². The van der Waals surface area contributed by atoms with Crippen LogP contribution >= 0.6 is 0 Å². The highest BCUT2D eigenvalue weighted by Crippen LogP contribution is 2.18. The van der Waals surface area contributed by atoms with Crippen LogP contribution in [0, 0.1) is 0 Å². The molecule has 0 radical (unpaired) electrons. The maximum atomic E-state index is 11.2. The average molecular weight is 267 g/mol. The van der Waals surface area contributed by atoms with Crippen LogP contribution in [0.2, 0.25) is 0 Å². The normalized spacial score (nSPS) is 12.5. The molecule has 6 heteroatoms. The van der Waals surface area contributed by atoms with Crippen LogP contribution < -0.4 is 5.32 Å². The van der Waals surface area contributed by atoms with E-state index in [1.807, 2.05) is 20.8 Å². The van der Waals surface area contributed by atoms with Gasteiger partial charge in [-0.1, -0.05) is 20.8 Å². The second-order valence-corrected chi connectivity index (χ2v) is 4.71. The summed E-state index contributed by atoms with van der Waals surface area (Å²) in [5.74, 6) is -0.490. The Hall–Kier alpha value is -1.69. The number of aromatic carboxylic acids is 1. The van der Waals surface area contributed by atoms with Crippen LogP contribution in [0.4, 0.5) is 5.69 Å². The van der Waals surface area contributed by atoms with Gasteiger partial charge < -0.3 is 15.5 Å². The second kappa shape index (κ2) is 7.04. The number of carbonyl (C=O) groups is 1. The zero-order chi connectivity index (χ0) is 14.4. The molecule has 106 valence electrons. The summed E-state index contributed by atoms with van der Waals surface area (Å²) in [4.78, 5) is 19.5. The number of nitrogens with zero attached hydrogens (tertiary/aromatic N) is 2. The molecule has 0 aliphatic carbocycles. The summed E-state index contributed by atoms with van der Waals surface area (Å²) in [6.07, 6.45) is 2.85. The maximum Gasteiger partial charge on any atom is 0.356 e. The molecule has 19 heavy (non-hydrogen) atoms. The van der Waals surface area contributed by atoms with Gasteiger partial charge in [-0.2, -0.15) is 0 Å². The lowest BCUT2D eigenvalue weighted by atomic mass is 10.1. The van der Waals surface area contributed by atoms with E-state index in [9.17, 15) is 9.90 Å². The molecule has 1 heterocycles. The van der Waals surface area contributed by atoms with Crippen molar-refractivity contribution >= 4 is 11.7 Å². The monoisotopic (exact) mass is 267 g/mol. The quantitative estimate of drug-likeness (QED) is 0.698. The van der Waals surface area contributed by atoms with E-state index in [1.165, 1.54) is 6.20 Å². The summed E-state index contributed by atoms with van der Waals surface area (Å²) < 4.78 is 0. The summed E-state index contributed by atoms with van der Waals surface area (Å²) in [5.41, 5.74) is 0.382. The van der Waals surface area contributed by atoms with Gasteiger partial charge in [0.1, 0.15) is 5.82 Å². The molecule has 0 aliphatic rings. The Bertz CT molecular complexity index is 435. The van der Waals surface area contributed by atoms with Gasteiger partial charge in [0.2, 0.25) is 0 Å². The number of anilines is 1. The van der Waals surface area contributed by atoms with Crippen LogP contribution in [-0.2, 0) is 0 Å². The molecular weight excluding hydrogens is 246 g/mol. The average Bonchev–Trinajstić information content (AvgIpc) is 2.37. The van der Waals surface area contributed by atoms with Crippen LogP contribution in [0.5, 0.6) is 0 Å². The SMILES string of the molecule is CCC(CCO)Nc1cnc(C(C)C)nc1C(=O)O. The van der Waals surface area contributed by atoms with Gasteiger partial charge in [-0.25, -0.2) is 14.8 Å². The summed E-state index contributed by atoms with van der Waals surface area (Å²) in [6, 6.07) is 0.0107. The molecule has 0 aliphatic heterocycles. The number of hydrogen-bond donors (Lipinski definition) is 3. The van der Waals surface area contributed by atoms with Gasteiger partial charge in [0.25, 0.3) is 0 Å². The summed E-state index contributed by atoms with van der Waals surface area (Å²) in [6.45, 7) is 5.85. The van der Waals surface area contributed by atoms with E-state index in [1.54, 1.807) is 0 Å². The Labute approximate surface area is 112 Å². The zero-order valence-electron chi connectivity index (χ0n) is 11.6. The van der Waals surface area contributed by atoms with Crippen molar-refractivity contribution in [2.45, 2.75) is 45.6 Å². The molecule has 3 N–H and O–H groups in total. The van der Waals surface area contributed by atoms with Crippen molar-refractivity contribution in [3.05, 3.63) is 17.7 Å². The predicted molar refractivity (Wildman–Crippen MR) is 72.5 cm³/mol. The number of rotatable bonds is 7. The molecule has 0 amide bonds. The van der Waals surface area contributed by atoms with Crippen molar-refractivity contribution in [2.75, 3.05) is 11.9 Å². The lowest BCUT2D eigenvalue weighted by molar-refractivity contribution is 0.0691. The van der Waals surface area contributed by atoms with Gasteiger partial charge in [0, 0.05) is 18.6 Å². The Morgan fingerprint density at radius 1 is 1.47 bits per heavy atom. The maximum absolute atomic E-state index is 11.2. The lowest BCUT2D eigenvalue weighted by Crippen LogP contribution is -2.22. The first-order chi connectivity index (χ1) is 8.99. The van der Waals surface area contributed by atoms with Crippen molar-refractivity contribution in [1.29, 1.82) is 0 Å². The van der Waals surface area contributed by atoms with E-state index >= 15 is 0 Å². The Kier molecular flexibility index (Phi) is 5.69. The minimum Gasteiger partial charge on any atom is -0.476 e. The van der Waals surface area contributed by atoms with E-state index in [2.05, 4.69) is 15.3 Å². The van der Waals surface area contributed by atoms with Gasteiger partial charge in [-0.15, -0.1) is 0 Å². The third-order valence-corrected chi connectivity index (χ3v) is 2.86. The molecule has 6 nitrogen and oxygen atoms in total. The molecule has 0 saturated carbocycles. The van der Waals surface area contributed by atoms with E-state index in [4.69, 9.17) is 5.11 Å². The molecule has 0 fully saturated rings. The van der Waals surface area contributed by atoms with Crippen LogP contribution in [0.25, 0.3) is 0 Å². The zero-order valence-corrected chi connectivity index (χ0v) is 11.6. The van der Waals surface area contributed by atoms with E-state index in [0.29, 0.717) is 17.9 Å². The third kappa shape index (κ3) is 4.17. The second-order valence-electron chi connectivity index (χ2n) is 4.71. The first-order valence-corrected chi connectivity index (χ1v) is 6.47. The molecule has 1 aromatic rings. The topological polar surface area (TPSA) is 95.3 Å². The van der Waals surface area contributed by atoms with Crippen molar-refractivity contribution < 1.29 is 15.0 Å². The molecule has 1 rings (SSSR count). The fraction of sp³-hybridized carbons (Fsp3) is 0.615. The summed E-state index contributed by atoms with van der Waals surface area (Å²) in [5, 5.41) is 21.2. The number of nitrogens with one attached hydrogen (secondary N) is 1. The number of aliphatic hydroxyl groups excluding tert-OH is 1. The van der Waals surface area contributed by atoms with Crippen LogP contribution in [0.3, 0.4) is 0 Å². The van der Waals surface area contributed by atoms with E-state index in [0.717, 1.165) is 6.42 Å². The first-order valence-electron chi connectivity index (χ1n) is 6.47. The molecular formula is C13H21N3O3. The lowest BCUT2D eigenvalue weighted by Gasteiger charge is -2.18. The predicted octanol–water partition coefficient (Wildman–Crippen LogP) is 1.87. The van der Waals surface area contributed by atoms with E-state index in [-0.39, 0.29) is 24.3 Å². The van der Waals surface area contributed by atoms with Crippen LogP contribution in [-0.4, -0.2) is 38.8 Å². The molecule has 0 bridgehead atoms.